The van der Waals surface area contributed by atoms with Crippen LogP contribution in [0.25, 0.3) is 0 Å². The monoisotopic (exact) mass is 365 g/mol. The number of thiazole rings is 1. The van der Waals surface area contributed by atoms with E-state index in [-0.39, 0.29) is 24.8 Å². The molecule has 1 saturated heterocycles. The average molecular weight is 366 g/mol. The number of halogens is 1. The van der Waals surface area contributed by atoms with Crippen LogP contribution in [0.2, 0.25) is 5.02 Å². The van der Waals surface area contributed by atoms with E-state index in [0.29, 0.717) is 21.6 Å². The summed E-state index contributed by atoms with van der Waals surface area (Å²) in [6.45, 7) is 2.14. The largest absolute Gasteiger partial charge is 0.495 e. The third kappa shape index (κ3) is 3.37. The van der Waals surface area contributed by atoms with Gasteiger partial charge < -0.3 is 15.0 Å². The molecule has 0 aliphatic carbocycles. The number of hydrogen-bond acceptors (Lipinski definition) is 5. The maximum atomic E-state index is 12.4. The van der Waals surface area contributed by atoms with Crippen LogP contribution in [0.5, 0.6) is 5.75 Å². The lowest BCUT2D eigenvalue weighted by atomic mass is 10.1. The van der Waals surface area contributed by atoms with E-state index in [0.717, 1.165) is 5.69 Å². The summed E-state index contributed by atoms with van der Waals surface area (Å²) in [4.78, 5) is 30.5. The number of carbonyl (C=O) groups excluding carboxylic acids is 2. The Kier molecular flexibility index (Phi) is 4.73. The van der Waals surface area contributed by atoms with Crippen LogP contribution in [0.1, 0.15) is 12.1 Å². The van der Waals surface area contributed by atoms with Crippen LogP contribution in [-0.4, -0.2) is 30.5 Å². The Morgan fingerprint density at radius 1 is 1.50 bits per heavy atom. The summed E-state index contributed by atoms with van der Waals surface area (Å²) >= 11 is 7.39. The van der Waals surface area contributed by atoms with Gasteiger partial charge >= 0.3 is 0 Å². The number of carbonyl (C=O) groups is 2. The van der Waals surface area contributed by atoms with E-state index < -0.39 is 5.92 Å². The first-order valence-electron chi connectivity index (χ1n) is 7.35. The van der Waals surface area contributed by atoms with Gasteiger partial charge in [-0.2, -0.15) is 0 Å². The topological polar surface area (TPSA) is 71.5 Å². The van der Waals surface area contributed by atoms with Crippen LogP contribution >= 0.6 is 22.9 Å². The van der Waals surface area contributed by atoms with E-state index in [1.165, 1.54) is 18.4 Å². The third-order valence-electron chi connectivity index (χ3n) is 3.78. The third-order valence-corrected chi connectivity index (χ3v) is 4.89. The maximum absolute atomic E-state index is 12.4. The van der Waals surface area contributed by atoms with E-state index in [9.17, 15) is 9.59 Å². The molecular formula is C16H16ClN3O3S. The summed E-state index contributed by atoms with van der Waals surface area (Å²) in [5, 5.41) is 5.68. The van der Waals surface area contributed by atoms with Crippen molar-refractivity contribution in [1.29, 1.82) is 0 Å². The zero-order valence-corrected chi connectivity index (χ0v) is 14.8. The zero-order valence-electron chi connectivity index (χ0n) is 13.2. The number of methoxy groups -OCH3 is 1. The highest BCUT2D eigenvalue weighted by molar-refractivity contribution is 7.13. The van der Waals surface area contributed by atoms with Crippen molar-refractivity contribution >= 4 is 45.6 Å². The number of nitrogens with zero attached hydrogens (tertiary/aromatic N) is 2. The van der Waals surface area contributed by atoms with Crippen LogP contribution in [0.4, 0.5) is 10.8 Å². The van der Waals surface area contributed by atoms with Gasteiger partial charge in [-0.15, -0.1) is 11.3 Å². The summed E-state index contributed by atoms with van der Waals surface area (Å²) in [6, 6.07) is 5.07. The number of ether oxygens (including phenoxy) is 1. The average Bonchev–Trinajstić information content (AvgIpc) is 3.13. The molecule has 1 atom stereocenters. The molecule has 2 heterocycles. The number of anilines is 2. The molecule has 1 aromatic carbocycles. The smallest absolute Gasteiger partial charge is 0.231 e. The first-order chi connectivity index (χ1) is 11.5. The minimum atomic E-state index is -0.439. The van der Waals surface area contributed by atoms with Gasteiger partial charge in [-0.05, 0) is 25.1 Å². The molecular weight excluding hydrogens is 350 g/mol. The van der Waals surface area contributed by atoms with Crippen molar-refractivity contribution in [3.63, 3.8) is 0 Å². The van der Waals surface area contributed by atoms with E-state index in [1.54, 1.807) is 23.1 Å². The normalized spacial score (nSPS) is 17.2. The van der Waals surface area contributed by atoms with Crippen molar-refractivity contribution < 1.29 is 14.3 Å². The summed E-state index contributed by atoms with van der Waals surface area (Å²) in [6.07, 6.45) is 0.145. The van der Waals surface area contributed by atoms with Gasteiger partial charge in [0.25, 0.3) is 0 Å². The first-order valence-corrected chi connectivity index (χ1v) is 8.60. The van der Waals surface area contributed by atoms with Crippen LogP contribution < -0.4 is 15.0 Å². The highest BCUT2D eigenvalue weighted by Crippen LogP contribution is 2.35. The fraction of sp³-hybridized carbons (Fsp3) is 0.312. The Balaban J connectivity index is 1.76. The molecule has 1 aliphatic heterocycles. The van der Waals surface area contributed by atoms with Gasteiger partial charge in [0.1, 0.15) is 5.75 Å². The number of amides is 2. The van der Waals surface area contributed by atoms with Gasteiger partial charge in [0.2, 0.25) is 11.8 Å². The van der Waals surface area contributed by atoms with Crippen molar-refractivity contribution in [2.75, 3.05) is 23.9 Å². The minimum Gasteiger partial charge on any atom is -0.495 e. The molecule has 0 radical (unpaired) electrons. The number of benzene rings is 1. The Labute approximate surface area is 148 Å². The Morgan fingerprint density at radius 2 is 2.29 bits per heavy atom. The van der Waals surface area contributed by atoms with E-state index in [2.05, 4.69) is 10.3 Å². The van der Waals surface area contributed by atoms with Crippen molar-refractivity contribution in [1.82, 2.24) is 4.98 Å². The quantitative estimate of drug-likeness (QED) is 0.903. The molecule has 3 rings (SSSR count). The van der Waals surface area contributed by atoms with Crippen LogP contribution in [0.15, 0.2) is 23.6 Å². The molecule has 1 aliphatic rings. The van der Waals surface area contributed by atoms with Gasteiger partial charge in [0.05, 0.1) is 24.4 Å². The summed E-state index contributed by atoms with van der Waals surface area (Å²) in [5.74, 6) is -0.234. The molecule has 1 unspecified atom stereocenters. The highest BCUT2D eigenvalue weighted by Gasteiger charge is 2.36. The summed E-state index contributed by atoms with van der Waals surface area (Å²) in [5.41, 5.74) is 1.43. The Bertz CT molecular complexity index is 793. The molecule has 0 saturated carbocycles. The maximum Gasteiger partial charge on any atom is 0.231 e. The second kappa shape index (κ2) is 6.78. The Hall–Kier alpha value is -2.12. The number of rotatable bonds is 4. The molecule has 126 valence electrons. The predicted octanol–water partition coefficient (Wildman–Crippen LogP) is 3.11. The fourth-order valence-electron chi connectivity index (χ4n) is 2.61. The fourth-order valence-corrected chi connectivity index (χ4v) is 3.47. The van der Waals surface area contributed by atoms with Gasteiger partial charge in [-0.25, -0.2) is 4.98 Å². The molecule has 2 aromatic rings. The number of hydrogen-bond donors (Lipinski definition) is 1. The zero-order chi connectivity index (χ0) is 17.3. The summed E-state index contributed by atoms with van der Waals surface area (Å²) < 4.78 is 5.29. The number of aryl methyl sites for hydroxylation is 1. The number of aromatic nitrogens is 1. The van der Waals surface area contributed by atoms with E-state index in [1.807, 2.05) is 12.3 Å². The lowest BCUT2D eigenvalue weighted by Crippen LogP contribution is -2.28. The van der Waals surface area contributed by atoms with E-state index in [4.69, 9.17) is 16.3 Å². The molecule has 0 bridgehead atoms. The molecule has 8 heteroatoms. The predicted molar refractivity (Wildman–Crippen MR) is 93.9 cm³/mol. The van der Waals surface area contributed by atoms with Gasteiger partial charge in [0, 0.05) is 23.4 Å². The van der Waals surface area contributed by atoms with Crippen molar-refractivity contribution in [3.05, 3.63) is 34.3 Å². The van der Waals surface area contributed by atoms with Crippen LogP contribution in [-0.2, 0) is 9.59 Å². The van der Waals surface area contributed by atoms with E-state index >= 15 is 0 Å². The molecule has 24 heavy (non-hydrogen) atoms. The van der Waals surface area contributed by atoms with Gasteiger partial charge in [-0.3, -0.25) is 9.59 Å². The molecule has 1 N–H and O–H groups in total. The number of nitrogens with one attached hydrogen (secondary N) is 1. The minimum absolute atomic E-state index is 0.133. The molecule has 0 spiro atoms. The lowest BCUT2D eigenvalue weighted by Gasteiger charge is -2.19. The second-order valence-electron chi connectivity index (χ2n) is 5.50. The first kappa shape index (κ1) is 16.7. The Morgan fingerprint density at radius 3 is 2.96 bits per heavy atom. The SMILES string of the molecule is COc1ccc(Cl)cc1N1CC(C(=O)Nc2nc(C)cs2)CC1=O. The van der Waals surface area contributed by atoms with Gasteiger partial charge in [0.15, 0.2) is 5.13 Å². The second-order valence-corrected chi connectivity index (χ2v) is 6.80. The highest BCUT2D eigenvalue weighted by atomic mass is 35.5. The summed E-state index contributed by atoms with van der Waals surface area (Å²) in [7, 11) is 1.53. The van der Waals surface area contributed by atoms with Crippen molar-refractivity contribution in [3.8, 4) is 5.75 Å². The van der Waals surface area contributed by atoms with Gasteiger partial charge in [-0.1, -0.05) is 11.6 Å². The lowest BCUT2D eigenvalue weighted by molar-refractivity contribution is -0.122. The van der Waals surface area contributed by atoms with Crippen molar-refractivity contribution in [2.24, 2.45) is 5.92 Å². The molecule has 1 aromatic heterocycles. The molecule has 1 fully saturated rings. The standard InChI is InChI=1S/C16H16ClN3O3S/c1-9-8-24-16(18-9)19-15(22)10-5-14(21)20(7-10)12-6-11(17)3-4-13(12)23-2/h3-4,6,8,10H,5,7H2,1-2H3,(H,18,19,22). The van der Waals surface area contributed by atoms with Crippen LogP contribution in [0.3, 0.4) is 0 Å². The van der Waals surface area contributed by atoms with Crippen molar-refractivity contribution in [2.45, 2.75) is 13.3 Å². The van der Waals surface area contributed by atoms with Crippen LogP contribution in [0, 0.1) is 12.8 Å². The molecule has 2 amide bonds. The molecule has 6 nitrogen and oxygen atoms in total.